The fraction of sp³-hybridized carbons (Fsp3) is 0.333. The van der Waals surface area contributed by atoms with Gasteiger partial charge in [-0.25, -0.2) is 0 Å². The molecule has 0 saturated heterocycles. The highest BCUT2D eigenvalue weighted by Crippen LogP contribution is 1.91. The quantitative estimate of drug-likeness (QED) is 0.596. The fourth-order valence-electron chi connectivity index (χ4n) is 0.985. The second kappa shape index (κ2) is 3.72. The molecule has 3 heteroatoms. The van der Waals surface area contributed by atoms with Crippen molar-refractivity contribution in [2.45, 2.75) is 19.9 Å². The smallest absolute Gasteiger partial charge is 0.269 e. The summed E-state index contributed by atoms with van der Waals surface area (Å²) in [5, 5.41) is 0. The van der Waals surface area contributed by atoms with Crippen LogP contribution in [0.5, 0.6) is 0 Å². The topological polar surface area (TPSA) is 34.9 Å². The molecule has 0 saturated carbocycles. The predicted octanol–water partition coefficient (Wildman–Crippen LogP) is 0.575. The van der Waals surface area contributed by atoms with Crippen LogP contribution in [-0.4, -0.2) is 9.55 Å². The first-order valence-corrected chi connectivity index (χ1v) is 3.70. The van der Waals surface area contributed by atoms with Crippen LogP contribution < -0.4 is 5.56 Å². The number of terminal acetylenes is 1. The molecule has 1 aromatic rings. The molecule has 0 N–H and O–H groups in total. The first kappa shape index (κ1) is 8.54. The van der Waals surface area contributed by atoms with Crippen LogP contribution in [0.1, 0.15) is 12.1 Å². The number of rotatable bonds is 2. The normalized spacial score (nSPS) is 9.33. The molecule has 12 heavy (non-hydrogen) atoms. The van der Waals surface area contributed by atoms with Gasteiger partial charge < -0.3 is 4.57 Å². The first-order chi connectivity index (χ1) is 5.75. The highest BCUT2D eigenvalue weighted by molar-refractivity contribution is 4.96. The van der Waals surface area contributed by atoms with Crippen LogP contribution >= 0.6 is 0 Å². The minimum atomic E-state index is -0.0924. The number of hydrogen-bond acceptors (Lipinski definition) is 2. The number of aromatic nitrogens is 2. The average molecular weight is 162 g/mol. The SMILES string of the molecule is C#CCCn1c(C)cncc1=O. The molecule has 0 bridgehead atoms. The third-order valence-electron chi connectivity index (χ3n) is 1.62. The lowest BCUT2D eigenvalue weighted by Crippen LogP contribution is -2.21. The molecule has 0 atom stereocenters. The van der Waals surface area contributed by atoms with E-state index in [-0.39, 0.29) is 5.56 Å². The number of aryl methyl sites for hydroxylation is 1. The minimum absolute atomic E-state index is 0.0924. The Morgan fingerprint density at radius 1 is 1.67 bits per heavy atom. The maximum Gasteiger partial charge on any atom is 0.269 e. The predicted molar refractivity (Wildman–Crippen MR) is 46.7 cm³/mol. The summed E-state index contributed by atoms with van der Waals surface area (Å²) in [6.45, 7) is 2.41. The van der Waals surface area contributed by atoms with Crippen molar-refractivity contribution in [2.24, 2.45) is 0 Å². The Bertz CT molecular complexity index is 360. The van der Waals surface area contributed by atoms with Gasteiger partial charge in [0.05, 0.1) is 6.20 Å². The molecule has 1 heterocycles. The molecule has 0 spiro atoms. The molecule has 62 valence electrons. The summed E-state index contributed by atoms with van der Waals surface area (Å²) in [6.07, 6.45) is 8.62. The molecule has 0 unspecified atom stereocenters. The van der Waals surface area contributed by atoms with Crippen LogP contribution in [0.4, 0.5) is 0 Å². The largest absolute Gasteiger partial charge is 0.309 e. The zero-order valence-electron chi connectivity index (χ0n) is 6.95. The minimum Gasteiger partial charge on any atom is -0.309 e. The van der Waals surface area contributed by atoms with Gasteiger partial charge in [-0.1, -0.05) is 0 Å². The van der Waals surface area contributed by atoms with E-state index in [4.69, 9.17) is 6.42 Å². The molecule has 1 rings (SSSR count). The molecular weight excluding hydrogens is 152 g/mol. The van der Waals surface area contributed by atoms with E-state index in [0.717, 1.165) is 5.69 Å². The summed E-state index contributed by atoms with van der Waals surface area (Å²) in [7, 11) is 0. The Morgan fingerprint density at radius 3 is 3.00 bits per heavy atom. The van der Waals surface area contributed by atoms with E-state index in [9.17, 15) is 4.79 Å². The van der Waals surface area contributed by atoms with Crippen molar-refractivity contribution >= 4 is 0 Å². The third-order valence-corrected chi connectivity index (χ3v) is 1.62. The van der Waals surface area contributed by atoms with Crippen molar-refractivity contribution < 1.29 is 0 Å². The highest BCUT2D eigenvalue weighted by atomic mass is 16.1. The van der Waals surface area contributed by atoms with Crippen molar-refractivity contribution in [3.8, 4) is 12.3 Å². The molecule has 3 nitrogen and oxygen atoms in total. The zero-order valence-corrected chi connectivity index (χ0v) is 6.95. The van der Waals surface area contributed by atoms with E-state index < -0.39 is 0 Å². The molecule has 0 fully saturated rings. The van der Waals surface area contributed by atoms with Gasteiger partial charge in [0.25, 0.3) is 5.56 Å². The van der Waals surface area contributed by atoms with Gasteiger partial charge in [0.2, 0.25) is 0 Å². The van der Waals surface area contributed by atoms with E-state index in [1.54, 1.807) is 10.8 Å². The second-order valence-electron chi connectivity index (χ2n) is 2.49. The molecule has 1 aromatic heterocycles. The van der Waals surface area contributed by atoms with E-state index >= 15 is 0 Å². The standard InChI is InChI=1S/C9H10N2O/c1-3-4-5-11-8(2)6-10-7-9(11)12/h1,6-7H,4-5H2,2H3. The van der Waals surface area contributed by atoms with Gasteiger partial charge in [-0.15, -0.1) is 12.3 Å². The number of hydrogen-bond donors (Lipinski definition) is 0. The second-order valence-corrected chi connectivity index (χ2v) is 2.49. The Kier molecular flexibility index (Phi) is 2.65. The van der Waals surface area contributed by atoms with E-state index in [1.165, 1.54) is 6.20 Å². The average Bonchev–Trinajstić information content (AvgIpc) is 2.04. The number of nitrogens with zero attached hydrogens (tertiary/aromatic N) is 2. The van der Waals surface area contributed by atoms with Gasteiger partial charge >= 0.3 is 0 Å². The molecule has 0 aliphatic rings. The van der Waals surface area contributed by atoms with Gasteiger partial charge in [0, 0.05) is 24.9 Å². The van der Waals surface area contributed by atoms with E-state index in [1.807, 2.05) is 6.92 Å². The Hall–Kier alpha value is -1.56. The molecule has 0 aliphatic heterocycles. The van der Waals surface area contributed by atoms with Gasteiger partial charge in [-0.3, -0.25) is 9.78 Å². The van der Waals surface area contributed by atoms with Gasteiger partial charge in [0.15, 0.2) is 0 Å². The summed E-state index contributed by atoms with van der Waals surface area (Å²) in [6, 6.07) is 0. The van der Waals surface area contributed by atoms with Crippen molar-refractivity contribution in [3.63, 3.8) is 0 Å². The van der Waals surface area contributed by atoms with Crippen LogP contribution in [0.2, 0.25) is 0 Å². The molecule has 0 aliphatic carbocycles. The van der Waals surface area contributed by atoms with Crippen LogP contribution in [0.15, 0.2) is 17.2 Å². The van der Waals surface area contributed by atoms with Crippen molar-refractivity contribution in [2.75, 3.05) is 0 Å². The summed E-state index contributed by atoms with van der Waals surface area (Å²) < 4.78 is 1.62. The monoisotopic (exact) mass is 162 g/mol. The maximum atomic E-state index is 11.2. The highest BCUT2D eigenvalue weighted by Gasteiger charge is 1.97. The zero-order chi connectivity index (χ0) is 8.97. The summed E-state index contributed by atoms with van der Waals surface area (Å²) >= 11 is 0. The Morgan fingerprint density at radius 2 is 2.42 bits per heavy atom. The van der Waals surface area contributed by atoms with Crippen LogP contribution in [0.3, 0.4) is 0 Å². The van der Waals surface area contributed by atoms with Gasteiger partial charge in [0.1, 0.15) is 0 Å². The summed E-state index contributed by atoms with van der Waals surface area (Å²) in [5.41, 5.74) is 0.753. The lowest BCUT2D eigenvalue weighted by molar-refractivity contribution is 0.659. The molecular formula is C9H10N2O. The van der Waals surface area contributed by atoms with Crippen molar-refractivity contribution in [1.82, 2.24) is 9.55 Å². The Balaban J connectivity index is 2.98. The maximum absolute atomic E-state index is 11.2. The van der Waals surface area contributed by atoms with Crippen molar-refractivity contribution in [1.29, 1.82) is 0 Å². The lowest BCUT2D eigenvalue weighted by atomic mass is 10.4. The van der Waals surface area contributed by atoms with Gasteiger partial charge in [-0.2, -0.15) is 0 Å². The molecule has 0 amide bonds. The first-order valence-electron chi connectivity index (χ1n) is 3.70. The summed E-state index contributed by atoms with van der Waals surface area (Å²) in [5.74, 6) is 2.49. The fourth-order valence-corrected chi connectivity index (χ4v) is 0.985. The van der Waals surface area contributed by atoms with Crippen molar-refractivity contribution in [3.05, 3.63) is 28.4 Å². The van der Waals surface area contributed by atoms with Gasteiger partial charge in [-0.05, 0) is 6.92 Å². The molecule has 0 aromatic carbocycles. The lowest BCUT2D eigenvalue weighted by Gasteiger charge is -2.05. The van der Waals surface area contributed by atoms with Crippen LogP contribution in [-0.2, 0) is 6.54 Å². The van der Waals surface area contributed by atoms with Crippen LogP contribution in [0, 0.1) is 19.3 Å². The summed E-state index contributed by atoms with van der Waals surface area (Å²) in [4.78, 5) is 14.9. The Labute approximate surface area is 71.1 Å². The van der Waals surface area contributed by atoms with Crippen LogP contribution in [0.25, 0.3) is 0 Å². The third kappa shape index (κ3) is 1.73. The molecule has 0 radical (unpaired) electrons. The van der Waals surface area contributed by atoms with E-state index in [0.29, 0.717) is 13.0 Å². The van der Waals surface area contributed by atoms with E-state index in [2.05, 4.69) is 10.9 Å².